The van der Waals surface area contributed by atoms with Crippen LogP contribution in [0.15, 0.2) is 186 Å². The van der Waals surface area contributed by atoms with Crippen LogP contribution in [0.25, 0.3) is 81.7 Å². The number of nitrogens with zero attached hydrogens (tertiary/aromatic N) is 1. The van der Waals surface area contributed by atoms with E-state index in [-0.39, 0.29) is 5.92 Å². The van der Waals surface area contributed by atoms with Crippen LogP contribution in [0.4, 0.5) is 0 Å². The molecule has 0 aliphatic rings. The van der Waals surface area contributed by atoms with Crippen molar-refractivity contribution in [2.24, 2.45) is 0 Å². The van der Waals surface area contributed by atoms with E-state index in [9.17, 15) is 0 Å². The molecule has 0 fully saturated rings. The molecule has 0 spiro atoms. The minimum atomic E-state index is -0.105. The van der Waals surface area contributed by atoms with Crippen molar-refractivity contribution in [2.45, 2.75) is 5.92 Å². The second kappa shape index (κ2) is 10.9. The van der Waals surface area contributed by atoms with Gasteiger partial charge in [0.25, 0.3) is 0 Å². The summed E-state index contributed by atoms with van der Waals surface area (Å²) < 4.78 is 9.02. The van der Waals surface area contributed by atoms with Gasteiger partial charge >= 0.3 is 0 Å². The highest BCUT2D eigenvalue weighted by Crippen LogP contribution is 2.46. The maximum Gasteiger partial charge on any atom is 0.135 e. The quantitative estimate of drug-likeness (QED) is 0.137. The van der Waals surface area contributed by atoms with E-state index in [1.54, 1.807) is 0 Å². The molecule has 0 bridgehead atoms. The zero-order valence-electron chi connectivity index (χ0n) is 27.8. The zero-order valence-corrected chi connectivity index (χ0v) is 27.8. The number of furan rings is 1. The van der Waals surface area contributed by atoms with E-state index in [4.69, 9.17) is 4.42 Å². The van der Waals surface area contributed by atoms with Crippen LogP contribution in [-0.4, -0.2) is 4.57 Å². The zero-order chi connectivity index (χ0) is 33.5. The standard InChI is InChI=1S/C49H31NO/c1-2-14-35(15-3-1)50-43-22-8-6-17-37(43)40-19-11-21-42(49(40)50)46(34-28-29-39-38-18-7-9-23-44(38)51-45(39)30-34)41-20-10-13-32-26-27-33-25-24-31-12-4-5-16-36(31)47(33)48(32)41/h1-30,46H. The van der Waals surface area contributed by atoms with Crippen LogP contribution in [0, 0.1) is 0 Å². The predicted molar refractivity (Wildman–Crippen MR) is 214 cm³/mol. The number of hydrogen-bond donors (Lipinski definition) is 0. The Morgan fingerprint density at radius 3 is 1.90 bits per heavy atom. The molecule has 0 aliphatic carbocycles. The van der Waals surface area contributed by atoms with Crippen molar-refractivity contribution in [2.75, 3.05) is 0 Å². The van der Waals surface area contributed by atoms with Crippen molar-refractivity contribution in [1.82, 2.24) is 4.57 Å². The molecule has 11 aromatic rings. The van der Waals surface area contributed by atoms with Crippen molar-refractivity contribution in [3.63, 3.8) is 0 Å². The van der Waals surface area contributed by atoms with Crippen LogP contribution in [0.2, 0.25) is 0 Å². The minimum absolute atomic E-state index is 0.105. The van der Waals surface area contributed by atoms with Crippen molar-refractivity contribution in [3.05, 3.63) is 199 Å². The highest BCUT2D eigenvalue weighted by molar-refractivity contribution is 6.21. The third kappa shape index (κ3) is 4.17. The first-order valence-corrected chi connectivity index (χ1v) is 17.6. The fraction of sp³-hybridized carbons (Fsp3) is 0.0204. The molecular formula is C49H31NO. The number of aromatic nitrogens is 1. The summed E-state index contributed by atoms with van der Waals surface area (Å²) in [5.41, 5.74) is 9.13. The lowest BCUT2D eigenvalue weighted by atomic mass is 9.80. The molecule has 0 amide bonds. The number of para-hydroxylation sites is 4. The molecule has 0 saturated carbocycles. The fourth-order valence-electron chi connectivity index (χ4n) is 8.71. The first-order chi connectivity index (χ1) is 25.3. The van der Waals surface area contributed by atoms with Crippen molar-refractivity contribution in [3.8, 4) is 5.69 Å². The molecule has 1 unspecified atom stereocenters. The maximum absolute atomic E-state index is 6.55. The van der Waals surface area contributed by atoms with Crippen LogP contribution in [0.1, 0.15) is 22.6 Å². The molecule has 0 radical (unpaired) electrons. The van der Waals surface area contributed by atoms with E-state index in [1.165, 1.54) is 70.8 Å². The number of fused-ring (bicyclic) bond motifs is 11. The molecule has 0 aliphatic heterocycles. The second-order valence-electron chi connectivity index (χ2n) is 13.6. The molecule has 9 aromatic carbocycles. The van der Waals surface area contributed by atoms with Gasteiger partial charge in [0, 0.05) is 33.2 Å². The van der Waals surface area contributed by atoms with Crippen LogP contribution in [0.5, 0.6) is 0 Å². The number of hydrogen-bond acceptors (Lipinski definition) is 1. The molecular weight excluding hydrogens is 619 g/mol. The van der Waals surface area contributed by atoms with Crippen LogP contribution in [0.3, 0.4) is 0 Å². The number of benzene rings is 9. The molecule has 2 aromatic heterocycles. The van der Waals surface area contributed by atoms with E-state index in [0.717, 1.165) is 27.6 Å². The Labute approximate surface area is 294 Å². The third-order valence-electron chi connectivity index (χ3n) is 10.9. The summed E-state index contributed by atoms with van der Waals surface area (Å²) in [6.07, 6.45) is 0. The average molecular weight is 650 g/mol. The Morgan fingerprint density at radius 2 is 1.02 bits per heavy atom. The molecule has 2 nitrogen and oxygen atoms in total. The normalized spacial score (nSPS) is 12.6. The fourth-order valence-corrected chi connectivity index (χ4v) is 8.71. The summed E-state index contributed by atoms with van der Waals surface area (Å²) in [7, 11) is 0. The van der Waals surface area contributed by atoms with Gasteiger partial charge in [0.2, 0.25) is 0 Å². The van der Waals surface area contributed by atoms with Gasteiger partial charge in [-0.15, -0.1) is 0 Å². The van der Waals surface area contributed by atoms with Crippen molar-refractivity contribution < 1.29 is 4.42 Å². The molecule has 2 heteroatoms. The van der Waals surface area contributed by atoms with Gasteiger partial charge in [-0.25, -0.2) is 0 Å². The molecule has 2 heterocycles. The summed E-state index contributed by atoms with van der Waals surface area (Å²) in [4.78, 5) is 0. The Morgan fingerprint density at radius 1 is 0.392 bits per heavy atom. The van der Waals surface area contributed by atoms with Gasteiger partial charge in [-0.1, -0.05) is 152 Å². The molecule has 51 heavy (non-hydrogen) atoms. The van der Waals surface area contributed by atoms with Gasteiger partial charge < -0.3 is 8.98 Å². The minimum Gasteiger partial charge on any atom is -0.456 e. The highest BCUT2D eigenvalue weighted by Gasteiger charge is 2.26. The van der Waals surface area contributed by atoms with Gasteiger partial charge in [-0.05, 0) is 79.3 Å². The molecule has 0 saturated heterocycles. The summed E-state index contributed by atoms with van der Waals surface area (Å²) in [6, 6.07) is 66.4. The number of rotatable bonds is 4. The van der Waals surface area contributed by atoms with E-state index >= 15 is 0 Å². The van der Waals surface area contributed by atoms with Crippen molar-refractivity contribution in [1.29, 1.82) is 0 Å². The van der Waals surface area contributed by atoms with E-state index in [1.807, 2.05) is 6.07 Å². The highest BCUT2D eigenvalue weighted by atomic mass is 16.3. The first kappa shape index (κ1) is 28.2. The topological polar surface area (TPSA) is 18.1 Å². The second-order valence-corrected chi connectivity index (χ2v) is 13.6. The van der Waals surface area contributed by atoms with Crippen LogP contribution >= 0.6 is 0 Å². The van der Waals surface area contributed by atoms with Gasteiger partial charge in [0.05, 0.1) is 11.0 Å². The molecule has 1 atom stereocenters. The summed E-state index contributed by atoms with van der Waals surface area (Å²) in [5, 5.41) is 12.4. The van der Waals surface area contributed by atoms with Gasteiger partial charge in [0.1, 0.15) is 11.2 Å². The van der Waals surface area contributed by atoms with E-state index in [2.05, 4.69) is 180 Å². The van der Waals surface area contributed by atoms with Crippen LogP contribution in [-0.2, 0) is 0 Å². The monoisotopic (exact) mass is 649 g/mol. The van der Waals surface area contributed by atoms with Crippen molar-refractivity contribution >= 4 is 76.1 Å². The maximum atomic E-state index is 6.55. The van der Waals surface area contributed by atoms with Crippen LogP contribution < -0.4 is 0 Å². The SMILES string of the molecule is c1ccc(-n2c3ccccc3c3cccc(C(c4ccc5c(c4)oc4ccccc45)c4cccc5ccc6ccc7ccccc7c6c45)c32)cc1. The third-order valence-corrected chi connectivity index (χ3v) is 10.9. The average Bonchev–Trinajstić information content (AvgIpc) is 3.74. The van der Waals surface area contributed by atoms with Gasteiger partial charge in [-0.3, -0.25) is 0 Å². The Kier molecular flexibility index (Phi) is 6.05. The lowest BCUT2D eigenvalue weighted by Gasteiger charge is -2.24. The lowest BCUT2D eigenvalue weighted by molar-refractivity contribution is 0.668. The van der Waals surface area contributed by atoms with E-state index in [0.29, 0.717) is 0 Å². The Hall–Kier alpha value is -6.64. The predicted octanol–water partition coefficient (Wildman–Crippen LogP) is 13.3. The molecule has 0 N–H and O–H groups in total. The largest absolute Gasteiger partial charge is 0.456 e. The molecule has 11 rings (SSSR count). The summed E-state index contributed by atoms with van der Waals surface area (Å²) in [6.45, 7) is 0. The summed E-state index contributed by atoms with van der Waals surface area (Å²) >= 11 is 0. The van der Waals surface area contributed by atoms with E-state index < -0.39 is 0 Å². The summed E-state index contributed by atoms with van der Waals surface area (Å²) in [5.74, 6) is -0.105. The van der Waals surface area contributed by atoms with Gasteiger partial charge in [0.15, 0.2) is 0 Å². The first-order valence-electron chi connectivity index (χ1n) is 17.6. The molecule has 238 valence electrons. The van der Waals surface area contributed by atoms with Gasteiger partial charge in [-0.2, -0.15) is 0 Å². The lowest BCUT2D eigenvalue weighted by Crippen LogP contribution is -2.07. The Bertz CT molecular complexity index is 3140. The Balaban J connectivity index is 1.31. The smallest absolute Gasteiger partial charge is 0.135 e.